The van der Waals surface area contributed by atoms with Gasteiger partial charge < -0.3 is 0 Å². The van der Waals surface area contributed by atoms with Crippen molar-refractivity contribution in [3.05, 3.63) is 45.6 Å². The summed E-state index contributed by atoms with van der Waals surface area (Å²) in [6.07, 6.45) is -4.31. The number of benzene rings is 1. The second kappa shape index (κ2) is 6.69. The first-order valence-electron chi connectivity index (χ1n) is 6.35. The lowest BCUT2D eigenvalue weighted by Crippen LogP contribution is -2.29. The van der Waals surface area contributed by atoms with Gasteiger partial charge in [0, 0.05) is 9.75 Å². The van der Waals surface area contributed by atoms with Gasteiger partial charge in [-0.2, -0.15) is 18.4 Å². The summed E-state index contributed by atoms with van der Waals surface area (Å²) < 4.78 is 36.9. The Bertz CT molecular complexity index is 686. The molecule has 0 aliphatic rings. The van der Waals surface area contributed by atoms with Crippen LogP contribution < -0.4 is 5.32 Å². The predicted molar refractivity (Wildman–Crippen MR) is 81.9 cm³/mol. The van der Waals surface area contributed by atoms with E-state index >= 15 is 0 Å². The molecule has 1 aromatic carbocycles. The van der Waals surface area contributed by atoms with Gasteiger partial charge in [0.1, 0.15) is 5.50 Å². The van der Waals surface area contributed by atoms with Crippen molar-refractivity contribution in [2.75, 3.05) is 6.54 Å². The second-order valence-corrected chi connectivity index (χ2v) is 6.41. The van der Waals surface area contributed by atoms with Crippen LogP contribution in [0.3, 0.4) is 0 Å². The van der Waals surface area contributed by atoms with E-state index in [0.717, 1.165) is 16.0 Å². The van der Waals surface area contributed by atoms with E-state index in [1.165, 1.54) is 11.3 Å². The molecule has 1 heterocycles. The average molecular weight is 345 g/mol. The Hall–Kier alpha value is -1.55. The molecule has 1 N–H and O–H groups in total. The molecular formula is C15H12ClF3N2S. The monoisotopic (exact) mass is 344 g/mol. The number of thiophene rings is 1. The van der Waals surface area contributed by atoms with Gasteiger partial charge in [-0.05, 0) is 36.2 Å². The molecule has 0 fully saturated rings. The van der Waals surface area contributed by atoms with Crippen molar-refractivity contribution < 1.29 is 13.2 Å². The molecule has 2 rings (SSSR count). The molecule has 0 amide bonds. The highest BCUT2D eigenvalue weighted by atomic mass is 35.5. The van der Waals surface area contributed by atoms with Crippen molar-refractivity contribution in [2.24, 2.45) is 0 Å². The highest BCUT2D eigenvalue weighted by Gasteiger charge is 2.29. The van der Waals surface area contributed by atoms with Gasteiger partial charge in [-0.15, -0.1) is 11.3 Å². The third kappa shape index (κ3) is 4.23. The zero-order valence-corrected chi connectivity index (χ0v) is 13.1. The molecule has 7 heteroatoms. The molecule has 0 spiro atoms. The zero-order chi connectivity index (χ0) is 16.3. The maximum absolute atomic E-state index is 12.3. The van der Waals surface area contributed by atoms with Gasteiger partial charge in [-0.1, -0.05) is 23.7 Å². The molecule has 0 radical (unpaired) electrons. The van der Waals surface area contributed by atoms with Gasteiger partial charge in [0.2, 0.25) is 0 Å². The second-order valence-electron chi connectivity index (χ2n) is 4.68. The number of nitriles is 1. The number of alkyl halides is 4. The van der Waals surface area contributed by atoms with Crippen LogP contribution in [-0.4, -0.2) is 12.7 Å². The first-order chi connectivity index (χ1) is 10.3. The highest BCUT2D eigenvalue weighted by molar-refractivity contribution is 7.12. The van der Waals surface area contributed by atoms with E-state index in [-0.39, 0.29) is 0 Å². The summed E-state index contributed by atoms with van der Waals surface area (Å²) in [6.45, 7) is 0.722. The Morgan fingerprint density at radius 1 is 1.32 bits per heavy atom. The molecule has 2 aromatic rings. The minimum Gasteiger partial charge on any atom is -0.288 e. The molecule has 2 nitrogen and oxygen atoms in total. The van der Waals surface area contributed by atoms with E-state index in [9.17, 15) is 13.2 Å². The molecule has 0 saturated heterocycles. The van der Waals surface area contributed by atoms with Gasteiger partial charge in [0.25, 0.3) is 0 Å². The Morgan fingerprint density at radius 2 is 1.95 bits per heavy atom. The number of rotatable bonds is 4. The summed E-state index contributed by atoms with van der Waals surface area (Å²) in [4.78, 5) is 1.59. The van der Waals surface area contributed by atoms with Crippen molar-refractivity contribution in [1.82, 2.24) is 5.32 Å². The molecule has 0 aliphatic carbocycles. The molecule has 0 aliphatic heterocycles. The van der Waals surface area contributed by atoms with E-state index < -0.39 is 18.2 Å². The number of hydrogen-bond donors (Lipinski definition) is 1. The predicted octanol–water partition coefficient (Wildman–Crippen LogP) is 4.98. The van der Waals surface area contributed by atoms with Crippen molar-refractivity contribution >= 4 is 22.9 Å². The van der Waals surface area contributed by atoms with Crippen LogP contribution in [0.4, 0.5) is 13.2 Å². The molecular weight excluding hydrogens is 333 g/mol. The number of nitrogens with zero attached hydrogens (tertiary/aromatic N) is 1. The summed E-state index contributed by atoms with van der Waals surface area (Å²) in [7, 11) is 0. The fourth-order valence-corrected chi connectivity index (χ4v) is 3.29. The van der Waals surface area contributed by atoms with Gasteiger partial charge in [-0.25, -0.2) is 0 Å². The van der Waals surface area contributed by atoms with Crippen molar-refractivity contribution in [1.29, 1.82) is 5.26 Å². The quantitative estimate of drug-likeness (QED) is 0.627. The zero-order valence-electron chi connectivity index (χ0n) is 11.5. The smallest absolute Gasteiger partial charge is 0.288 e. The molecule has 1 aromatic heterocycles. The Kier molecular flexibility index (Phi) is 5.12. The maximum Gasteiger partial charge on any atom is 0.401 e. The molecule has 0 bridgehead atoms. The average Bonchev–Trinajstić information content (AvgIpc) is 2.86. The Balaban J connectivity index is 2.27. The fourth-order valence-electron chi connectivity index (χ4n) is 1.97. The normalized spacial score (nSPS) is 12.9. The number of aryl methyl sites for hydroxylation is 1. The Labute approximate surface area is 135 Å². The minimum atomic E-state index is -4.31. The van der Waals surface area contributed by atoms with Gasteiger partial charge in [-0.3, -0.25) is 5.32 Å². The lowest BCUT2D eigenvalue weighted by molar-refractivity contribution is -0.125. The van der Waals surface area contributed by atoms with Crippen LogP contribution in [0, 0.1) is 18.3 Å². The molecule has 1 atom stereocenters. The van der Waals surface area contributed by atoms with E-state index in [0.29, 0.717) is 10.4 Å². The van der Waals surface area contributed by atoms with Crippen molar-refractivity contribution in [3.63, 3.8) is 0 Å². The third-order valence-corrected chi connectivity index (χ3v) is 4.54. The minimum absolute atomic E-state index is 0.523. The van der Waals surface area contributed by atoms with Gasteiger partial charge in [0.15, 0.2) is 0 Å². The van der Waals surface area contributed by atoms with Gasteiger partial charge in [0.05, 0.1) is 18.2 Å². The van der Waals surface area contributed by atoms with Crippen molar-refractivity contribution in [3.8, 4) is 17.2 Å². The third-order valence-electron chi connectivity index (χ3n) is 2.92. The van der Waals surface area contributed by atoms with E-state index in [1.807, 2.05) is 19.1 Å². The summed E-state index contributed by atoms with van der Waals surface area (Å²) in [5.74, 6) is 0. The highest BCUT2D eigenvalue weighted by Crippen LogP contribution is 2.37. The Morgan fingerprint density at radius 3 is 2.50 bits per heavy atom. The van der Waals surface area contributed by atoms with Crippen LogP contribution in [0.1, 0.15) is 20.8 Å². The summed E-state index contributed by atoms with van der Waals surface area (Å²) in [6, 6.07) is 10.8. The largest absolute Gasteiger partial charge is 0.401 e. The molecule has 116 valence electrons. The SMILES string of the molecule is Cc1cc(-c2ccc(C#N)cc2)c(C(Cl)NCC(F)(F)F)s1. The number of halogens is 4. The topological polar surface area (TPSA) is 35.8 Å². The number of hydrogen-bond acceptors (Lipinski definition) is 3. The van der Waals surface area contributed by atoms with Crippen LogP contribution in [0.2, 0.25) is 0 Å². The van der Waals surface area contributed by atoms with E-state index in [4.69, 9.17) is 16.9 Å². The van der Waals surface area contributed by atoms with Crippen LogP contribution in [0.5, 0.6) is 0 Å². The van der Waals surface area contributed by atoms with Crippen molar-refractivity contribution in [2.45, 2.75) is 18.6 Å². The summed E-state index contributed by atoms with van der Waals surface area (Å²) >= 11 is 7.44. The lowest BCUT2D eigenvalue weighted by atomic mass is 10.0. The van der Waals surface area contributed by atoms with Gasteiger partial charge >= 0.3 is 6.18 Å². The van der Waals surface area contributed by atoms with E-state index in [1.54, 1.807) is 24.3 Å². The standard InChI is InChI=1S/C15H12ClF3N2S/c1-9-6-12(11-4-2-10(7-20)3-5-11)13(22-9)14(16)21-8-15(17,18)19/h2-6,14,21H,8H2,1H3. The number of nitrogens with one attached hydrogen (secondary N) is 1. The summed E-state index contributed by atoms with van der Waals surface area (Å²) in [5, 5.41) is 11.1. The first kappa shape index (κ1) is 16.8. The van der Waals surface area contributed by atoms with Crippen LogP contribution >= 0.6 is 22.9 Å². The first-order valence-corrected chi connectivity index (χ1v) is 7.60. The van der Waals surface area contributed by atoms with E-state index in [2.05, 4.69) is 5.32 Å². The molecule has 1 unspecified atom stereocenters. The molecule has 22 heavy (non-hydrogen) atoms. The fraction of sp³-hybridized carbons (Fsp3) is 0.267. The van der Waals surface area contributed by atoms with Crippen LogP contribution in [0.15, 0.2) is 30.3 Å². The lowest BCUT2D eigenvalue weighted by Gasteiger charge is -2.14. The summed E-state index contributed by atoms with van der Waals surface area (Å²) in [5.41, 5.74) is 1.19. The maximum atomic E-state index is 12.3. The van der Waals surface area contributed by atoms with Crippen LogP contribution in [0.25, 0.3) is 11.1 Å². The van der Waals surface area contributed by atoms with Crippen LogP contribution in [-0.2, 0) is 0 Å². The molecule has 0 saturated carbocycles.